The van der Waals surface area contributed by atoms with Gasteiger partial charge in [0.2, 0.25) is 5.91 Å². The Bertz CT molecular complexity index is 664. The third kappa shape index (κ3) is 5.50. The second kappa shape index (κ2) is 10.8. The smallest absolute Gasteiger partial charge is 0.332 e. The topological polar surface area (TPSA) is 84.9 Å². The molecule has 168 valence electrons. The van der Waals surface area contributed by atoms with Crippen molar-refractivity contribution in [3.8, 4) is 0 Å². The zero-order valence-corrected chi connectivity index (χ0v) is 18.5. The molecule has 0 spiro atoms. The number of carbonyl (C=O) groups is 3. The first-order chi connectivity index (χ1) is 14.3. The number of unbranched alkanes of at least 4 members (excludes halogenated alkanes) is 2. The number of likely N-dealkylation sites (tertiary alicyclic amines) is 1. The molecule has 30 heavy (non-hydrogen) atoms. The van der Waals surface area contributed by atoms with Crippen LogP contribution in [0.1, 0.15) is 52.9 Å². The van der Waals surface area contributed by atoms with Gasteiger partial charge in [0, 0.05) is 19.1 Å². The van der Waals surface area contributed by atoms with Crippen molar-refractivity contribution in [3.63, 3.8) is 0 Å². The van der Waals surface area contributed by atoms with E-state index in [1.165, 1.54) is 0 Å². The van der Waals surface area contributed by atoms with Crippen molar-refractivity contribution in [1.82, 2.24) is 10.2 Å². The fourth-order valence-electron chi connectivity index (χ4n) is 4.06. The Morgan fingerprint density at radius 2 is 2.03 bits per heavy atom. The number of nitrogens with one attached hydrogen (secondary N) is 1. The molecule has 7 nitrogen and oxygen atoms in total. The van der Waals surface area contributed by atoms with Crippen LogP contribution in [0.5, 0.6) is 0 Å². The summed E-state index contributed by atoms with van der Waals surface area (Å²) in [5.41, 5.74) is -1.05. The van der Waals surface area contributed by atoms with Gasteiger partial charge in [-0.15, -0.1) is 13.2 Å². The van der Waals surface area contributed by atoms with Crippen LogP contribution in [0.4, 0.5) is 0 Å². The highest BCUT2D eigenvalue weighted by molar-refractivity contribution is 5.95. The number of allylic oxidation sites excluding steroid dienone is 1. The lowest BCUT2D eigenvalue weighted by molar-refractivity contribution is -0.151. The molecule has 1 aliphatic heterocycles. The van der Waals surface area contributed by atoms with Crippen molar-refractivity contribution in [3.05, 3.63) is 25.3 Å². The lowest BCUT2D eigenvalue weighted by Crippen LogP contribution is -2.54. The molecule has 0 aromatic carbocycles. The SMILES string of the molecule is C=CCCCCOC(C)C(=O)N1CC(C)CC1C(=O)NC1(C(=O)OCC)CC1C=C. The van der Waals surface area contributed by atoms with Crippen LogP contribution in [0.3, 0.4) is 0 Å². The van der Waals surface area contributed by atoms with Crippen LogP contribution in [-0.2, 0) is 23.9 Å². The number of amides is 2. The fourth-order valence-corrected chi connectivity index (χ4v) is 4.06. The first-order valence-corrected chi connectivity index (χ1v) is 11.0. The Labute approximate surface area is 179 Å². The summed E-state index contributed by atoms with van der Waals surface area (Å²) in [5.74, 6) is -0.908. The molecule has 2 fully saturated rings. The van der Waals surface area contributed by atoms with E-state index >= 15 is 0 Å². The molecule has 1 N–H and O–H groups in total. The second-order valence-corrected chi connectivity index (χ2v) is 8.37. The Kier molecular flexibility index (Phi) is 8.65. The summed E-state index contributed by atoms with van der Waals surface area (Å²) in [6.07, 6.45) is 6.69. The summed E-state index contributed by atoms with van der Waals surface area (Å²) >= 11 is 0. The Balaban J connectivity index is 2.00. The summed E-state index contributed by atoms with van der Waals surface area (Å²) < 4.78 is 10.9. The molecule has 1 saturated carbocycles. The third-order valence-electron chi connectivity index (χ3n) is 5.90. The molecule has 1 heterocycles. The summed E-state index contributed by atoms with van der Waals surface area (Å²) in [7, 11) is 0. The van der Waals surface area contributed by atoms with Crippen LogP contribution in [0, 0.1) is 11.8 Å². The molecule has 5 unspecified atom stereocenters. The first kappa shape index (κ1) is 24.1. The number of carbonyl (C=O) groups excluding carboxylic acids is 3. The Hall–Kier alpha value is -2.15. The van der Waals surface area contributed by atoms with Crippen LogP contribution in [-0.4, -0.2) is 60.1 Å². The van der Waals surface area contributed by atoms with Gasteiger partial charge in [0.15, 0.2) is 0 Å². The van der Waals surface area contributed by atoms with Gasteiger partial charge in [0.05, 0.1) is 6.61 Å². The predicted molar refractivity (Wildman–Crippen MR) is 115 cm³/mol. The largest absolute Gasteiger partial charge is 0.464 e. The van der Waals surface area contributed by atoms with Crippen molar-refractivity contribution in [2.75, 3.05) is 19.8 Å². The van der Waals surface area contributed by atoms with Crippen molar-refractivity contribution in [1.29, 1.82) is 0 Å². The van der Waals surface area contributed by atoms with Crippen LogP contribution < -0.4 is 5.32 Å². The van der Waals surface area contributed by atoms with Crippen molar-refractivity contribution in [2.45, 2.75) is 70.6 Å². The minimum absolute atomic E-state index is 0.152. The Morgan fingerprint density at radius 3 is 2.63 bits per heavy atom. The quantitative estimate of drug-likeness (QED) is 0.298. The van der Waals surface area contributed by atoms with Crippen molar-refractivity contribution < 1.29 is 23.9 Å². The van der Waals surface area contributed by atoms with E-state index in [1.807, 2.05) is 13.0 Å². The maximum absolute atomic E-state index is 13.1. The summed E-state index contributed by atoms with van der Waals surface area (Å²) in [6, 6.07) is -0.614. The molecule has 2 amide bonds. The molecule has 1 aliphatic carbocycles. The van der Waals surface area contributed by atoms with Crippen LogP contribution in [0.2, 0.25) is 0 Å². The number of esters is 1. The first-order valence-electron chi connectivity index (χ1n) is 11.0. The highest BCUT2D eigenvalue weighted by Crippen LogP contribution is 2.45. The average molecular weight is 421 g/mol. The van der Waals surface area contributed by atoms with Crippen molar-refractivity contribution >= 4 is 17.8 Å². The zero-order chi connectivity index (χ0) is 22.3. The van der Waals surface area contributed by atoms with Gasteiger partial charge in [0.25, 0.3) is 5.91 Å². The summed E-state index contributed by atoms with van der Waals surface area (Å²) in [6.45, 7) is 14.1. The van der Waals surface area contributed by atoms with Gasteiger partial charge in [-0.3, -0.25) is 9.59 Å². The highest BCUT2D eigenvalue weighted by Gasteiger charge is 2.61. The van der Waals surface area contributed by atoms with Gasteiger partial charge in [0.1, 0.15) is 17.7 Å². The van der Waals surface area contributed by atoms with Gasteiger partial charge in [-0.2, -0.15) is 0 Å². The van der Waals surface area contributed by atoms with E-state index in [0.717, 1.165) is 19.3 Å². The molecular weight excluding hydrogens is 384 g/mol. The van der Waals surface area contributed by atoms with Crippen LogP contribution in [0.15, 0.2) is 25.3 Å². The molecule has 0 bridgehead atoms. The molecule has 0 aromatic rings. The van der Waals surface area contributed by atoms with E-state index in [1.54, 1.807) is 24.8 Å². The number of ether oxygens (including phenoxy) is 2. The van der Waals surface area contributed by atoms with Gasteiger partial charge in [-0.05, 0) is 51.9 Å². The van der Waals surface area contributed by atoms with Gasteiger partial charge < -0.3 is 19.7 Å². The predicted octanol–water partition coefficient (Wildman–Crippen LogP) is 2.61. The van der Waals surface area contributed by atoms with E-state index in [9.17, 15) is 14.4 Å². The van der Waals surface area contributed by atoms with E-state index in [0.29, 0.717) is 26.0 Å². The van der Waals surface area contributed by atoms with E-state index < -0.39 is 23.7 Å². The van der Waals surface area contributed by atoms with E-state index in [2.05, 4.69) is 18.5 Å². The van der Waals surface area contributed by atoms with Gasteiger partial charge in [-0.1, -0.05) is 19.1 Å². The van der Waals surface area contributed by atoms with Gasteiger partial charge >= 0.3 is 5.97 Å². The van der Waals surface area contributed by atoms with Gasteiger partial charge in [-0.25, -0.2) is 4.79 Å². The molecule has 5 atom stereocenters. The molecule has 7 heteroatoms. The maximum atomic E-state index is 13.1. The molecule has 0 radical (unpaired) electrons. The lowest BCUT2D eigenvalue weighted by Gasteiger charge is -2.28. The van der Waals surface area contributed by atoms with E-state index in [-0.39, 0.29) is 30.3 Å². The zero-order valence-electron chi connectivity index (χ0n) is 18.5. The summed E-state index contributed by atoms with van der Waals surface area (Å²) in [4.78, 5) is 40.1. The number of hydrogen-bond acceptors (Lipinski definition) is 5. The average Bonchev–Trinajstić information content (AvgIpc) is 3.30. The fraction of sp³-hybridized carbons (Fsp3) is 0.696. The number of rotatable bonds is 12. The van der Waals surface area contributed by atoms with Crippen LogP contribution in [0.25, 0.3) is 0 Å². The Morgan fingerprint density at radius 1 is 1.30 bits per heavy atom. The minimum Gasteiger partial charge on any atom is -0.464 e. The standard InChI is InChI=1S/C23H36N2O5/c1-6-9-10-11-12-30-17(5)21(27)25-15-16(4)13-19(25)20(26)24-23(14-18(23)7-2)22(28)29-8-3/h6-7,16-19H,1-2,8-15H2,3-5H3,(H,24,26). The monoisotopic (exact) mass is 420 g/mol. The highest BCUT2D eigenvalue weighted by atomic mass is 16.5. The molecule has 2 rings (SSSR count). The molecule has 0 aromatic heterocycles. The minimum atomic E-state index is -1.05. The third-order valence-corrected chi connectivity index (χ3v) is 5.90. The lowest BCUT2D eigenvalue weighted by atomic mass is 10.1. The maximum Gasteiger partial charge on any atom is 0.332 e. The second-order valence-electron chi connectivity index (χ2n) is 8.37. The van der Waals surface area contributed by atoms with E-state index in [4.69, 9.17) is 9.47 Å². The summed E-state index contributed by atoms with van der Waals surface area (Å²) in [5, 5.41) is 2.88. The number of nitrogens with zero attached hydrogens (tertiary/aromatic N) is 1. The van der Waals surface area contributed by atoms with Crippen LogP contribution >= 0.6 is 0 Å². The molecular formula is C23H36N2O5. The number of hydrogen-bond donors (Lipinski definition) is 1. The molecule has 1 saturated heterocycles. The normalized spacial score (nSPS) is 28.5. The van der Waals surface area contributed by atoms with Crippen molar-refractivity contribution in [2.24, 2.45) is 11.8 Å². The molecule has 2 aliphatic rings.